The second-order valence-electron chi connectivity index (χ2n) is 5.55. The maximum atomic E-state index is 12.1. The average Bonchev–Trinajstić information content (AvgIpc) is 2.44. The Kier molecular flexibility index (Phi) is 6.42. The van der Waals surface area contributed by atoms with Crippen LogP contribution in [0.4, 0.5) is 0 Å². The molecule has 1 saturated carbocycles. The highest BCUT2D eigenvalue weighted by Crippen LogP contribution is 2.35. The molecule has 1 aliphatic rings. The fraction of sp³-hybridized carbons (Fsp3) is 0.857. The lowest BCUT2D eigenvalue weighted by atomic mass is 9.73. The molecule has 6 nitrogen and oxygen atoms in total. The van der Waals surface area contributed by atoms with Crippen molar-refractivity contribution in [1.82, 2.24) is 10.6 Å². The number of methoxy groups -OCH3 is 1. The van der Waals surface area contributed by atoms with Crippen molar-refractivity contribution < 1.29 is 14.3 Å². The molecular weight excluding hydrogens is 258 g/mol. The minimum absolute atomic E-state index is 0.205. The van der Waals surface area contributed by atoms with E-state index in [1.165, 1.54) is 7.11 Å². The van der Waals surface area contributed by atoms with E-state index in [0.29, 0.717) is 19.4 Å². The van der Waals surface area contributed by atoms with Crippen LogP contribution in [0.1, 0.15) is 39.0 Å². The third-order valence-electron chi connectivity index (χ3n) is 4.21. The quantitative estimate of drug-likeness (QED) is 0.579. The van der Waals surface area contributed by atoms with Gasteiger partial charge in [0.05, 0.1) is 13.2 Å². The number of likely N-dealkylation sites (N-methyl/N-ethyl adjacent to an activating group) is 2. The number of carbonyl (C=O) groups excluding carboxylic acids is 2. The summed E-state index contributed by atoms with van der Waals surface area (Å²) in [5.74, 6) is -0.263. The van der Waals surface area contributed by atoms with Gasteiger partial charge in [-0.1, -0.05) is 19.8 Å². The highest BCUT2D eigenvalue weighted by molar-refractivity contribution is 5.81. The smallest absolute Gasteiger partial charge is 0.326 e. The van der Waals surface area contributed by atoms with Crippen molar-refractivity contribution in [3.8, 4) is 0 Å². The zero-order valence-electron chi connectivity index (χ0n) is 12.7. The normalized spacial score (nSPS) is 27.9. The van der Waals surface area contributed by atoms with Gasteiger partial charge in [0.25, 0.3) is 0 Å². The molecule has 0 spiro atoms. The van der Waals surface area contributed by atoms with Crippen molar-refractivity contribution in [2.24, 2.45) is 11.7 Å². The van der Waals surface area contributed by atoms with Crippen molar-refractivity contribution in [1.29, 1.82) is 0 Å². The first-order valence-corrected chi connectivity index (χ1v) is 7.29. The van der Waals surface area contributed by atoms with Crippen LogP contribution in [0.2, 0.25) is 0 Å². The van der Waals surface area contributed by atoms with Crippen LogP contribution in [0.5, 0.6) is 0 Å². The number of esters is 1. The van der Waals surface area contributed by atoms with Crippen LogP contribution < -0.4 is 16.4 Å². The van der Waals surface area contributed by atoms with Gasteiger partial charge in [-0.15, -0.1) is 0 Å². The van der Waals surface area contributed by atoms with Crippen molar-refractivity contribution in [3.05, 3.63) is 0 Å². The SMILES string of the molecule is CCNC1(C(=O)OC)CCCC(CC(NC)C(N)=O)C1. The molecule has 1 fully saturated rings. The maximum Gasteiger partial charge on any atom is 0.326 e. The monoisotopic (exact) mass is 285 g/mol. The van der Waals surface area contributed by atoms with Gasteiger partial charge in [0.2, 0.25) is 5.91 Å². The molecule has 0 aromatic heterocycles. The molecule has 1 aliphatic carbocycles. The van der Waals surface area contributed by atoms with Crippen LogP contribution >= 0.6 is 0 Å². The molecule has 0 radical (unpaired) electrons. The number of nitrogens with one attached hydrogen (secondary N) is 2. The summed E-state index contributed by atoms with van der Waals surface area (Å²) in [6.07, 6.45) is 4.09. The Hall–Kier alpha value is -1.14. The van der Waals surface area contributed by atoms with Gasteiger partial charge in [-0.05, 0) is 38.8 Å². The minimum atomic E-state index is -0.609. The standard InChI is InChI=1S/C14H27N3O3/c1-4-17-14(13(19)20-3)7-5-6-10(9-14)8-11(16-2)12(15)18/h10-11,16-17H,4-9H2,1-3H3,(H2,15,18). The third-order valence-corrected chi connectivity index (χ3v) is 4.21. The molecule has 0 heterocycles. The van der Waals surface area contributed by atoms with E-state index >= 15 is 0 Å². The molecule has 6 heteroatoms. The van der Waals surface area contributed by atoms with Crippen LogP contribution in [0.15, 0.2) is 0 Å². The topological polar surface area (TPSA) is 93.4 Å². The zero-order valence-corrected chi connectivity index (χ0v) is 12.7. The van der Waals surface area contributed by atoms with Gasteiger partial charge >= 0.3 is 5.97 Å². The zero-order chi connectivity index (χ0) is 15.2. The maximum absolute atomic E-state index is 12.1. The molecule has 20 heavy (non-hydrogen) atoms. The van der Waals surface area contributed by atoms with Crippen molar-refractivity contribution in [2.75, 3.05) is 20.7 Å². The van der Waals surface area contributed by atoms with E-state index in [1.807, 2.05) is 6.92 Å². The van der Waals surface area contributed by atoms with Crippen molar-refractivity contribution in [2.45, 2.75) is 50.6 Å². The Morgan fingerprint density at radius 2 is 2.20 bits per heavy atom. The summed E-state index contributed by atoms with van der Waals surface area (Å²) in [5.41, 5.74) is 4.76. The number of ether oxygens (including phenoxy) is 1. The number of primary amides is 1. The predicted octanol–water partition coefficient (Wildman–Crippen LogP) is 0.161. The Morgan fingerprint density at radius 1 is 1.50 bits per heavy atom. The Bertz CT molecular complexity index is 345. The summed E-state index contributed by atoms with van der Waals surface area (Å²) in [7, 11) is 3.15. The van der Waals surface area contributed by atoms with Gasteiger partial charge in [0.15, 0.2) is 0 Å². The van der Waals surface area contributed by atoms with E-state index in [0.717, 1.165) is 19.3 Å². The van der Waals surface area contributed by atoms with Crippen molar-refractivity contribution in [3.63, 3.8) is 0 Å². The first kappa shape index (κ1) is 16.9. The van der Waals surface area contributed by atoms with E-state index < -0.39 is 5.54 Å². The first-order valence-electron chi connectivity index (χ1n) is 7.29. The summed E-state index contributed by atoms with van der Waals surface area (Å²) in [5, 5.41) is 6.23. The molecule has 3 atom stereocenters. The van der Waals surface area contributed by atoms with E-state index in [1.54, 1.807) is 7.05 Å². The molecule has 0 saturated heterocycles. The molecule has 4 N–H and O–H groups in total. The van der Waals surface area contributed by atoms with Crippen LogP contribution in [0.25, 0.3) is 0 Å². The van der Waals surface area contributed by atoms with Crippen LogP contribution in [0, 0.1) is 5.92 Å². The molecule has 0 aromatic carbocycles. The lowest BCUT2D eigenvalue weighted by molar-refractivity contribution is -0.151. The lowest BCUT2D eigenvalue weighted by Gasteiger charge is -2.39. The molecule has 116 valence electrons. The van der Waals surface area contributed by atoms with Crippen LogP contribution in [0.3, 0.4) is 0 Å². The van der Waals surface area contributed by atoms with E-state index in [4.69, 9.17) is 10.5 Å². The highest BCUT2D eigenvalue weighted by Gasteiger charge is 2.43. The highest BCUT2D eigenvalue weighted by atomic mass is 16.5. The lowest BCUT2D eigenvalue weighted by Crippen LogP contribution is -2.56. The van der Waals surface area contributed by atoms with Crippen LogP contribution in [-0.4, -0.2) is 44.2 Å². The third kappa shape index (κ3) is 3.93. The summed E-state index contributed by atoms with van der Waals surface area (Å²) in [6.45, 7) is 2.70. The summed E-state index contributed by atoms with van der Waals surface area (Å²) >= 11 is 0. The minimum Gasteiger partial charge on any atom is -0.468 e. The number of hydrogen-bond donors (Lipinski definition) is 3. The molecule has 1 amide bonds. The van der Waals surface area contributed by atoms with Gasteiger partial charge in [-0.3, -0.25) is 9.59 Å². The second kappa shape index (κ2) is 7.59. The second-order valence-corrected chi connectivity index (χ2v) is 5.55. The Morgan fingerprint density at radius 3 is 2.70 bits per heavy atom. The van der Waals surface area contributed by atoms with E-state index in [2.05, 4.69) is 10.6 Å². The summed E-state index contributed by atoms with van der Waals surface area (Å²) in [4.78, 5) is 23.5. The van der Waals surface area contributed by atoms with E-state index in [-0.39, 0.29) is 23.8 Å². The van der Waals surface area contributed by atoms with Crippen LogP contribution in [-0.2, 0) is 14.3 Å². The number of hydrogen-bond acceptors (Lipinski definition) is 5. The Balaban J connectivity index is 2.76. The predicted molar refractivity (Wildman–Crippen MR) is 77.0 cm³/mol. The number of rotatable bonds is 7. The molecule has 1 rings (SSSR count). The number of amides is 1. The van der Waals surface area contributed by atoms with Gasteiger partial charge < -0.3 is 21.1 Å². The molecule has 0 bridgehead atoms. The fourth-order valence-electron chi connectivity index (χ4n) is 3.25. The van der Waals surface area contributed by atoms with Gasteiger partial charge in [0, 0.05) is 0 Å². The molecular formula is C14H27N3O3. The number of nitrogens with two attached hydrogens (primary N) is 1. The van der Waals surface area contributed by atoms with Gasteiger partial charge in [-0.2, -0.15) is 0 Å². The molecule has 0 aliphatic heterocycles. The number of carbonyl (C=O) groups is 2. The van der Waals surface area contributed by atoms with E-state index in [9.17, 15) is 9.59 Å². The largest absolute Gasteiger partial charge is 0.468 e. The fourth-order valence-corrected chi connectivity index (χ4v) is 3.25. The van der Waals surface area contributed by atoms with Gasteiger partial charge in [-0.25, -0.2) is 0 Å². The van der Waals surface area contributed by atoms with Gasteiger partial charge in [0.1, 0.15) is 5.54 Å². The molecule has 3 unspecified atom stereocenters. The molecule has 0 aromatic rings. The first-order chi connectivity index (χ1) is 9.49. The summed E-state index contributed by atoms with van der Waals surface area (Å²) in [6, 6.07) is -0.338. The van der Waals surface area contributed by atoms with Crippen molar-refractivity contribution >= 4 is 11.9 Å². The average molecular weight is 285 g/mol. The Labute approximate surface area is 120 Å². The summed E-state index contributed by atoms with van der Waals surface area (Å²) < 4.78 is 4.96.